The molecule has 7 aliphatic rings. The van der Waals surface area contributed by atoms with Crippen molar-refractivity contribution in [1.82, 2.24) is 0 Å². The highest BCUT2D eigenvalue weighted by molar-refractivity contribution is 7.00. The molecule has 10 aromatic rings. The lowest BCUT2D eigenvalue weighted by molar-refractivity contribution is 0.195. The van der Waals surface area contributed by atoms with E-state index >= 15 is 0 Å². The summed E-state index contributed by atoms with van der Waals surface area (Å²) in [5, 5.41) is 0. The van der Waals surface area contributed by atoms with Gasteiger partial charge in [-0.15, -0.1) is 0 Å². The Balaban J connectivity index is 1.07. The summed E-state index contributed by atoms with van der Waals surface area (Å²) in [4.78, 5) is 8.54. The molecule has 10 aromatic carbocycles. The van der Waals surface area contributed by atoms with Crippen LogP contribution < -0.4 is 31.1 Å². The van der Waals surface area contributed by atoms with Gasteiger partial charge >= 0.3 is 0 Å². The molecule has 3 heterocycles. The van der Waals surface area contributed by atoms with E-state index in [1.165, 1.54) is 175 Å². The van der Waals surface area contributed by atoms with Gasteiger partial charge in [0.15, 0.2) is 0 Å². The van der Waals surface area contributed by atoms with E-state index in [0.717, 1.165) is 12.8 Å². The predicted molar refractivity (Wildman–Crippen MR) is 423 cm³/mol. The SMILES string of the molecule is Cc1cc2c(cc1N1c3cc4c(cc3B3c5cc6c(cc5N(c5ccc(C(C)(C)C)cc5-c5ccccc5)c5cc(N7c8ccc(C(C)(C)C)cc8C8(C)CCCCC78C)cc1c53)C(C)(C)c1ccccc1C6(C)C)C(C)(C)c1ccccc1C4(C)C)C(C)(C)c1ccccc1C2(C)C. The van der Waals surface area contributed by atoms with Crippen molar-refractivity contribution in [3.8, 4) is 11.1 Å². The van der Waals surface area contributed by atoms with Crippen LogP contribution in [0.5, 0.6) is 0 Å². The Kier molecular flexibility index (Phi) is 13.2. The van der Waals surface area contributed by atoms with Gasteiger partial charge in [0, 0.05) is 83.3 Å². The van der Waals surface area contributed by atoms with E-state index in [0.29, 0.717) is 0 Å². The maximum atomic E-state index is 2.90. The molecule has 3 nitrogen and oxygen atoms in total. The molecule has 0 radical (unpaired) electrons. The summed E-state index contributed by atoms with van der Waals surface area (Å²) in [6, 6.07) is 76.3. The monoisotopic (exact) mass is 1300 g/mol. The fourth-order valence-corrected chi connectivity index (χ4v) is 21.0. The van der Waals surface area contributed by atoms with Crippen LogP contribution in [0.15, 0.2) is 188 Å². The van der Waals surface area contributed by atoms with Gasteiger partial charge < -0.3 is 14.7 Å². The van der Waals surface area contributed by atoms with Crippen LogP contribution in [-0.2, 0) is 48.7 Å². The van der Waals surface area contributed by atoms with Crippen molar-refractivity contribution < 1.29 is 0 Å². The fourth-order valence-electron chi connectivity index (χ4n) is 21.0. The van der Waals surface area contributed by atoms with E-state index in [1.807, 2.05) is 0 Å². The minimum atomic E-state index is -0.310. The van der Waals surface area contributed by atoms with Crippen molar-refractivity contribution in [2.75, 3.05) is 14.7 Å². The van der Waals surface area contributed by atoms with Crippen molar-refractivity contribution in [3.63, 3.8) is 0 Å². The van der Waals surface area contributed by atoms with Crippen LogP contribution in [0, 0.1) is 6.92 Å². The molecule has 0 amide bonds. The summed E-state index contributed by atoms with van der Waals surface area (Å²) in [6.45, 7) is 51.8. The Labute approximate surface area is 593 Å². The highest BCUT2D eigenvalue weighted by Gasteiger charge is 2.59. The van der Waals surface area contributed by atoms with Gasteiger partial charge in [-0.3, -0.25) is 0 Å². The normalized spacial score (nSPS) is 21.5. The van der Waals surface area contributed by atoms with Crippen molar-refractivity contribution >= 4 is 68.6 Å². The highest BCUT2D eigenvalue weighted by Crippen LogP contribution is 2.64. The van der Waals surface area contributed by atoms with E-state index in [1.54, 1.807) is 0 Å². The molecule has 17 rings (SSSR count). The van der Waals surface area contributed by atoms with Gasteiger partial charge in [0.05, 0.1) is 11.2 Å². The van der Waals surface area contributed by atoms with Gasteiger partial charge in [0.2, 0.25) is 0 Å². The molecule has 0 saturated heterocycles. The largest absolute Gasteiger partial charge is 0.334 e. The molecule has 0 bridgehead atoms. The van der Waals surface area contributed by atoms with E-state index in [2.05, 4.69) is 348 Å². The Morgan fingerprint density at radius 2 is 0.697 bits per heavy atom. The third kappa shape index (κ3) is 8.50. The molecule has 0 N–H and O–H groups in total. The van der Waals surface area contributed by atoms with Crippen LogP contribution in [-0.4, -0.2) is 12.3 Å². The van der Waals surface area contributed by atoms with Crippen LogP contribution in [0.4, 0.5) is 45.5 Å². The molecule has 99 heavy (non-hydrogen) atoms. The Hall–Kier alpha value is -8.34. The van der Waals surface area contributed by atoms with E-state index in [9.17, 15) is 0 Å². The predicted octanol–water partition coefficient (Wildman–Crippen LogP) is 23.0. The third-order valence-corrected chi connectivity index (χ3v) is 27.2. The van der Waals surface area contributed by atoms with E-state index < -0.39 is 0 Å². The van der Waals surface area contributed by atoms with Crippen molar-refractivity contribution in [2.24, 2.45) is 0 Å². The molecule has 500 valence electrons. The van der Waals surface area contributed by atoms with Crippen LogP contribution in [0.2, 0.25) is 0 Å². The van der Waals surface area contributed by atoms with Gasteiger partial charge in [-0.1, -0.05) is 284 Å². The first-order valence-corrected chi connectivity index (χ1v) is 37.3. The molecule has 2 unspecified atom stereocenters. The summed E-state index contributed by atoms with van der Waals surface area (Å²) in [6.07, 6.45) is 4.64. The summed E-state index contributed by atoms with van der Waals surface area (Å²) in [7, 11) is 0. The number of anilines is 8. The lowest BCUT2D eigenvalue weighted by Crippen LogP contribution is -2.62. The summed E-state index contributed by atoms with van der Waals surface area (Å²) in [5.41, 5.74) is 36.9. The van der Waals surface area contributed by atoms with E-state index in [-0.39, 0.29) is 61.0 Å². The van der Waals surface area contributed by atoms with E-state index in [4.69, 9.17) is 0 Å². The molecule has 1 saturated carbocycles. The first-order valence-electron chi connectivity index (χ1n) is 37.3. The third-order valence-electron chi connectivity index (χ3n) is 27.2. The minimum absolute atomic E-state index is 0.00956. The number of rotatable bonds is 4. The van der Waals surface area contributed by atoms with Crippen LogP contribution >= 0.6 is 0 Å². The number of hydrogen-bond acceptors (Lipinski definition) is 3. The van der Waals surface area contributed by atoms with Crippen LogP contribution in [0.1, 0.15) is 253 Å². The van der Waals surface area contributed by atoms with Crippen molar-refractivity contribution in [3.05, 3.63) is 277 Å². The minimum Gasteiger partial charge on any atom is -0.334 e. The molecule has 3 aliphatic heterocycles. The topological polar surface area (TPSA) is 9.72 Å². The number of benzene rings is 10. The summed E-state index contributed by atoms with van der Waals surface area (Å²) >= 11 is 0. The molecule has 0 aromatic heterocycles. The average molecular weight is 1300 g/mol. The first-order chi connectivity index (χ1) is 46.6. The highest BCUT2D eigenvalue weighted by atomic mass is 15.3. The van der Waals surface area contributed by atoms with Gasteiger partial charge in [-0.05, 0) is 197 Å². The lowest BCUT2D eigenvalue weighted by Gasteiger charge is -2.52. The number of aryl methyl sites for hydroxylation is 1. The van der Waals surface area contributed by atoms with Crippen molar-refractivity contribution in [1.29, 1.82) is 0 Å². The second-order valence-electron chi connectivity index (χ2n) is 37.0. The zero-order chi connectivity index (χ0) is 69.8. The molecule has 1 fully saturated rings. The van der Waals surface area contributed by atoms with Gasteiger partial charge in [0.25, 0.3) is 6.71 Å². The second-order valence-corrected chi connectivity index (χ2v) is 37.0. The standard InChI is InChI=1S/C95H102BN3/c1-57-47-69-72(91(14,15)66-38-28-25-35-63(66)88(69,8)9)54-80(57)98-82-56-74-71(90(12,13)65-37-27-30-40-68(65)93(74,18)19)53-77(82)96-76-52-70-73(92(16,17)67-39-29-26-36-64(67)89(70,10)11)55-81(76)97(78-43-41-59(86(2,3)4)48-62(78)58-33-23-22-24-34-58)83-50-61(51-84(98)85(83)96)99-79-44-42-60(87(5,6)7)49-75(79)94(20)45-31-32-46-95(94,99)21/h22-30,33-44,47-56H,31-32,45-46H2,1-21H3. The van der Waals surface area contributed by atoms with Crippen molar-refractivity contribution in [2.45, 2.75) is 225 Å². The first kappa shape index (κ1) is 64.1. The molecule has 4 aliphatic carbocycles. The zero-order valence-electron chi connectivity index (χ0n) is 63.1. The number of hydrogen-bond donors (Lipinski definition) is 0. The van der Waals surface area contributed by atoms with Gasteiger partial charge in [-0.25, -0.2) is 0 Å². The second kappa shape index (κ2) is 20.4. The lowest BCUT2D eigenvalue weighted by atomic mass is 9.32. The number of fused-ring (bicyclic) bond motifs is 13. The zero-order valence-corrected chi connectivity index (χ0v) is 63.1. The molecule has 2 atom stereocenters. The summed E-state index contributed by atoms with van der Waals surface area (Å²) in [5.74, 6) is 0. The molecule has 4 heteroatoms. The Morgan fingerprint density at radius 1 is 0.323 bits per heavy atom. The smallest absolute Gasteiger partial charge is 0.252 e. The molecule has 0 spiro atoms. The van der Waals surface area contributed by atoms with Gasteiger partial charge in [-0.2, -0.15) is 0 Å². The number of nitrogens with zero attached hydrogens (tertiary/aromatic N) is 3. The fraction of sp³-hybridized carbons (Fsp3) is 0.368. The molecular weight excluding hydrogens is 1190 g/mol. The average Bonchev–Trinajstić information content (AvgIpc) is 1.38. The van der Waals surface area contributed by atoms with Crippen LogP contribution in [0.25, 0.3) is 11.1 Å². The Morgan fingerprint density at radius 3 is 1.14 bits per heavy atom. The maximum Gasteiger partial charge on any atom is 0.252 e. The quantitative estimate of drug-likeness (QED) is 0.163. The van der Waals surface area contributed by atoms with Gasteiger partial charge in [0.1, 0.15) is 0 Å². The molecular formula is C95H102BN3. The maximum absolute atomic E-state index is 2.90. The van der Waals surface area contributed by atoms with Crippen LogP contribution in [0.3, 0.4) is 0 Å². The summed E-state index contributed by atoms with van der Waals surface area (Å²) < 4.78 is 0. The Bertz CT molecular complexity index is 5130.